The van der Waals surface area contributed by atoms with Crippen molar-refractivity contribution in [1.29, 1.82) is 0 Å². The molecule has 2 rings (SSSR count). The summed E-state index contributed by atoms with van der Waals surface area (Å²) in [6, 6.07) is 0.519. The third-order valence-electron chi connectivity index (χ3n) is 2.66. The summed E-state index contributed by atoms with van der Waals surface area (Å²) in [6.45, 7) is 4.83. The molecule has 1 atom stereocenters. The Morgan fingerprint density at radius 3 is 2.83 bits per heavy atom. The Bertz CT molecular complexity index is 155. The molecule has 2 aliphatic heterocycles. The summed E-state index contributed by atoms with van der Waals surface area (Å²) < 4.78 is 11.3. The largest absolute Gasteiger partial charge is 0.347 e. The Kier molecular flexibility index (Phi) is 2.35. The first-order valence-corrected chi connectivity index (χ1v) is 4.82. The minimum atomic E-state index is -0.233. The van der Waals surface area contributed by atoms with Crippen molar-refractivity contribution in [2.24, 2.45) is 0 Å². The lowest BCUT2D eigenvalue weighted by atomic mass is 10.1. The Labute approximate surface area is 73.4 Å². The highest BCUT2D eigenvalue weighted by atomic mass is 16.7. The molecule has 70 valence electrons. The predicted molar refractivity (Wildman–Crippen MR) is 46.0 cm³/mol. The van der Waals surface area contributed by atoms with Crippen LogP contribution in [0.2, 0.25) is 0 Å². The van der Waals surface area contributed by atoms with Crippen LogP contribution in [0.1, 0.15) is 26.2 Å². The van der Waals surface area contributed by atoms with E-state index in [1.807, 2.05) is 0 Å². The minimum Gasteiger partial charge on any atom is -0.347 e. The SMILES string of the molecule is CC1CC2(CCCN1)OCCO2. The van der Waals surface area contributed by atoms with Crippen molar-refractivity contribution in [2.75, 3.05) is 19.8 Å². The Balaban J connectivity index is 2.02. The standard InChI is InChI=1S/C9H17NO2/c1-8-7-9(3-2-4-10-8)11-5-6-12-9/h8,10H,2-7H2,1H3. The molecule has 0 aliphatic carbocycles. The lowest BCUT2D eigenvalue weighted by Gasteiger charge is -2.27. The summed E-state index contributed by atoms with van der Waals surface area (Å²) in [6.07, 6.45) is 3.20. The van der Waals surface area contributed by atoms with E-state index < -0.39 is 0 Å². The van der Waals surface area contributed by atoms with E-state index in [4.69, 9.17) is 9.47 Å². The highest BCUT2D eigenvalue weighted by Gasteiger charge is 2.38. The van der Waals surface area contributed by atoms with Gasteiger partial charge in [0, 0.05) is 18.9 Å². The molecule has 2 aliphatic rings. The molecule has 3 nitrogen and oxygen atoms in total. The third-order valence-corrected chi connectivity index (χ3v) is 2.66. The van der Waals surface area contributed by atoms with Crippen LogP contribution in [-0.2, 0) is 9.47 Å². The van der Waals surface area contributed by atoms with E-state index in [2.05, 4.69) is 12.2 Å². The summed E-state index contributed by atoms with van der Waals surface area (Å²) in [5.41, 5.74) is 0. The summed E-state index contributed by atoms with van der Waals surface area (Å²) in [4.78, 5) is 0. The van der Waals surface area contributed by atoms with Crippen LogP contribution in [-0.4, -0.2) is 31.6 Å². The summed E-state index contributed by atoms with van der Waals surface area (Å²) >= 11 is 0. The highest BCUT2D eigenvalue weighted by Crippen LogP contribution is 2.31. The van der Waals surface area contributed by atoms with E-state index in [0.29, 0.717) is 6.04 Å². The second-order valence-electron chi connectivity index (χ2n) is 3.77. The van der Waals surface area contributed by atoms with Gasteiger partial charge in [-0.3, -0.25) is 0 Å². The van der Waals surface area contributed by atoms with Crippen molar-refractivity contribution < 1.29 is 9.47 Å². The topological polar surface area (TPSA) is 30.5 Å². The van der Waals surface area contributed by atoms with Crippen molar-refractivity contribution in [3.8, 4) is 0 Å². The molecule has 2 saturated heterocycles. The van der Waals surface area contributed by atoms with E-state index in [-0.39, 0.29) is 5.79 Å². The molecule has 0 aromatic heterocycles. The Hall–Kier alpha value is -0.120. The first kappa shape index (κ1) is 8.48. The number of nitrogens with one attached hydrogen (secondary N) is 1. The summed E-state index contributed by atoms with van der Waals surface area (Å²) in [5.74, 6) is -0.233. The van der Waals surface area contributed by atoms with Crippen LogP contribution in [0.5, 0.6) is 0 Å². The highest BCUT2D eigenvalue weighted by molar-refractivity contribution is 4.82. The molecule has 1 N–H and O–H groups in total. The van der Waals surface area contributed by atoms with E-state index in [1.165, 1.54) is 0 Å². The van der Waals surface area contributed by atoms with Gasteiger partial charge < -0.3 is 14.8 Å². The molecule has 1 unspecified atom stereocenters. The molecule has 2 fully saturated rings. The van der Waals surface area contributed by atoms with Gasteiger partial charge in [-0.15, -0.1) is 0 Å². The average molecular weight is 171 g/mol. The zero-order chi connectivity index (χ0) is 8.44. The number of hydrogen-bond acceptors (Lipinski definition) is 3. The zero-order valence-electron chi connectivity index (χ0n) is 7.64. The molecular weight excluding hydrogens is 154 g/mol. The zero-order valence-corrected chi connectivity index (χ0v) is 7.64. The van der Waals surface area contributed by atoms with Gasteiger partial charge in [0.1, 0.15) is 0 Å². The Morgan fingerprint density at radius 2 is 2.08 bits per heavy atom. The van der Waals surface area contributed by atoms with Crippen LogP contribution in [0.25, 0.3) is 0 Å². The van der Waals surface area contributed by atoms with Crippen molar-refractivity contribution >= 4 is 0 Å². The fourth-order valence-electron chi connectivity index (χ4n) is 2.11. The van der Waals surface area contributed by atoms with Gasteiger partial charge in [0.2, 0.25) is 0 Å². The molecule has 0 radical (unpaired) electrons. The van der Waals surface area contributed by atoms with E-state index in [1.54, 1.807) is 0 Å². The van der Waals surface area contributed by atoms with Crippen LogP contribution in [0.15, 0.2) is 0 Å². The van der Waals surface area contributed by atoms with Gasteiger partial charge >= 0.3 is 0 Å². The van der Waals surface area contributed by atoms with Crippen molar-refractivity contribution in [2.45, 2.75) is 38.0 Å². The van der Waals surface area contributed by atoms with Gasteiger partial charge in [-0.2, -0.15) is 0 Å². The maximum atomic E-state index is 5.67. The first-order valence-electron chi connectivity index (χ1n) is 4.82. The molecule has 0 amide bonds. The first-order chi connectivity index (χ1) is 5.81. The van der Waals surface area contributed by atoms with Crippen molar-refractivity contribution in [3.05, 3.63) is 0 Å². The molecule has 0 bridgehead atoms. The van der Waals surface area contributed by atoms with Crippen molar-refractivity contribution in [3.63, 3.8) is 0 Å². The van der Waals surface area contributed by atoms with Gasteiger partial charge in [-0.05, 0) is 19.9 Å². The third kappa shape index (κ3) is 1.63. The molecule has 0 saturated carbocycles. The van der Waals surface area contributed by atoms with Crippen LogP contribution < -0.4 is 5.32 Å². The minimum absolute atomic E-state index is 0.233. The monoisotopic (exact) mass is 171 g/mol. The number of hydrogen-bond donors (Lipinski definition) is 1. The fourth-order valence-corrected chi connectivity index (χ4v) is 2.11. The van der Waals surface area contributed by atoms with E-state index in [9.17, 15) is 0 Å². The van der Waals surface area contributed by atoms with Crippen LogP contribution >= 0.6 is 0 Å². The van der Waals surface area contributed by atoms with Crippen LogP contribution in [0, 0.1) is 0 Å². The molecule has 12 heavy (non-hydrogen) atoms. The fraction of sp³-hybridized carbons (Fsp3) is 1.00. The van der Waals surface area contributed by atoms with Gasteiger partial charge in [0.25, 0.3) is 0 Å². The second kappa shape index (κ2) is 3.32. The van der Waals surface area contributed by atoms with Gasteiger partial charge in [-0.1, -0.05) is 0 Å². The molecular formula is C9H17NO2. The maximum Gasteiger partial charge on any atom is 0.170 e. The van der Waals surface area contributed by atoms with Gasteiger partial charge in [-0.25, -0.2) is 0 Å². The molecule has 0 aromatic rings. The molecule has 0 aromatic carbocycles. The summed E-state index contributed by atoms with van der Waals surface area (Å²) in [5, 5.41) is 3.44. The Morgan fingerprint density at radius 1 is 1.33 bits per heavy atom. The quantitative estimate of drug-likeness (QED) is 0.587. The predicted octanol–water partition coefficient (Wildman–Crippen LogP) is 0.891. The molecule has 2 heterocycles. The molecule has 1 spiro atoms. The van der Waals surface area contributed by atoms with Crippen molar-refractivity contribution in [1.82, 2.24) is 5.32 Å². The van der Waals surface area contributed by atoms with Crippen LogP contribution in [0.3, 0.4) is 0 Å². The lowest BCUT2D eigenvalue weighted by molar-refractivity contribution is -0.166. The normalized spacial score (nSPS) is 35.2. The average Bonchev–Trinajstić information content (AvgIpc) is 2.39. The second-order valence-corrected chi connectivity index (χ2v) is 3.77. The van der Waals surface area contributed by atoms with Crippen LogP contribution in [0.4, 0.5) is 0 Å². The maximum absolute atomic E-state index is 5.67. The number of rotatable bonds is 0. The van der Waals surface area contributed by atoms with E-state index >= 15 is 0 Å². The van der Waals surface area contributed by atoms with Gasteiger partial charge in [0.15, 0.2) is 5.79 Å². The smallest absolute Gasteiger partial charge is 0.170 e. The molecule has 3 heteroatoms. The van der Waals surface area contributed by atoms with Gasteiger partial charge in [0.05, 0.1) is 13.2 Å². The van der Waals surface area contributed by atoms with E-state index in [0.717, 1.165) is 39.0 Å². The lowest BCUT2D eigenvalue weighted by Crippen LogP contribution is -2.35. The number of ether oxygens (including phenoxy) is 2. The summed E-state index contributed by atoms with van der Waals surface area (Å²) in [7, 11) is 0.